The van der Waals surface area contributed by atoms with E-state index in [2.05, 4.69) is 65.5 Å². The van der Waals surface area contributed by atoms with Gasteiger partial charge in [0.15, 0.2) is 0 Å². The third kappa shape index (κ3) is 4.61. The third-order valence-corrected chi connectivity index (χ3v) is 10.1. The molecule has 0 bridgehead atoms. The molecule has 1 unspecified atom stereocenters. The molecule has 0 nitrogen and oxygen atoms in total. The monoisotopic (exact) mass is 434 g/mol. The summed E-state index contributed by atoms with van der Waals surface area (Å²) in [5.74, 6) is 0. The van der Waals surface area contributed by atoms with Gasteiger partial charge >= 0.3 is 143 Å². The Morgan fingerprint density at radius 1 is 1.04 bits per heavy atom. The quantitative estimate of drug-likeness (QED) is 0.418. The Morgan fingerprint density at radius 3 is 2.42 bits per heavy atom. The van der Waals surface area contributed by atoms with Crippen molar-refractivity contribution in [1.29, 1.82) is 0 Å². The molecule has 24 heavy (non-hydrogen) atoms. The second kappa shape index (κ2) is 10.00. The van der Waals surface area contributed by atoms with Crippen molar-refractivity contribution in [2.45, 2.75) is 56.2 Å². The summed E-state index contributed by atoms with van der Waals surface area (Å²) in [7, 11) is -0.202. The average Bonchev–Trinajstić information content (AvgIpc) is 2.73. The molecule has 2 aliphatic rings. The molecule has 3 rings (SSSR count). The fourth-order valence-electron chi connectivity index (χ4n) is 3.95. The molecule has 1 aromatic rings. The Morgan fingerprint density at radius 2 is 1.71 bits per heavy atom. The van der Waals surface area contributed by atoms with Crippen LogP contribution in [0.1, 0.15) is 43.7 Å². The summed E-state index contributed by atoms with van der Waals surface area (Å²) in [6, 6.07) is 8.27. The van der Waals surface area contributed by atoms with Gasteiger partial charge in [-0.1, -0.05) is 0 Å². The van der Waals surface area contributed by atoms with E-state index >= 15 is 0 Å². The largest absolute Gasteiger partial charge is 1.00 e. The summed E-state index contributed by atoms with van der Waals surface area (Å²) >= 11 is 2.52. The van der Waals surface area contributed by atoms with E-state index in [1.165, 1.54) is 37.3 Å². The minimum absolute atomic E-state index is 0. The van der Waals surface area contributed by atoms with Crippen LogP contribution in [-0.4, -0.2) is 9.52 Å². The fourth-order valence-corrected chi connectivity index (χ4v) is 7.39. The van der Waals surface area contributed by atoms with Crippen molar-refractivity contribution < 1.29 is 57.7 Å². The van der Waals surface area contributed by atoms with E-state index in [-0.39, 0.29) is 46.7 Å². The molecule has 0 spiro atoms. The van der Waals surface area contributed by atoms with Crippen LogP contribution in [0.3, 0.4) is 0 Å². The number of halogens is 3. The van der Waals surface area contributed by atoms with Crippen molar-refractivity contribution in [2.24, 2.45) is 0 Å². The smallest absolute Gasteiger partial charge is 1.00 e. The van der Waals surface area contributed by atoms with Gasteiger partial charge in [0.1, 0.15) is 0 Å². The van der Waals surface area contributed by atoms with Gasteiger partial charge in [0.05, 0.1) is 0 Å². The molecule has 0 amide bonds. The zero-order valence-electron chi connectivity index (χ0n) is 14.7. The normalized spacial score (nSPS) is 22.5. The summed E-state index contributed by atoms with van der Waals surface area (Å²) < 4.78 is 0.387. The molecule has 130 valence electrons. The van der Waals surface area contributed by atoms with Crippen LogP contribution < -0.4 is 42.4 Å². The molecule has 0 aliphatic heterocycles. The molecule has 5 heteroatoms. The Balaban J connectivity index is 0.00000176. The summed E-state index contributed by atoms with van der Waals surface area (Å²) in [6.45, 7) is 6.93. The molecule has 0 saturated carbocycles. The molecule has 1 atom stereocenters. The van der Waals surface area contributed by atoms with E-state index in [9.17, 15) is 0 Å². The average molecular weight is 436 g/mol. The molecule has 0 aromatic heterocycles. The van der Waals surface area contributed by atoms with Gasteiger partial charge in [-0.2, -0.15) is 0 Å². The maximum Gasteiger partial charge on any atom is -1.00 e. The van der Waals surface area contributed by atoms with Crippen LogP contribution in [0.25, 0.3) is 0 Å². The van der Waals surface area contributed by atoms with Crippen molar-refractivity contribution >= 4 is 14.7 Å². The van der Waals surface area contributed by atoms with Crippen molar-refractivity contribution in [3.8, 4) is 0 Å². The van der Waals surface area contributed by atoms with Gasteiger partial charge in [-0.25, -0.2) is 0 Å². The predicted molar refractivity (Wildman–Crippen MR) is 90.8 cm³/mol. The second-order valence-electron chi connectivity index (χ2n) is 6.80. The van der Waals surface area contributed by atoms with Crippen LogP contribution >= 0.6 is 0 Å². The molecule has 2 aliphatic carbocycles. The van der Waals surface area contributed by atoms with Gasteiger partial charge in [0, 0.05) is 0 Å². The summed E-state index contributed by atoms with van der Waals surface area (Å²) in [5, 5.41) is 1.67. The molecule has 0 fully saturated rings. The van der Waals surface area contributed by atoms with Gasteiger partial charge in [0.2, 0.25) is 0 Å². The number of allylic oxidation sites excluding steroid dienone is 4. The first-order chi connectivity index (χ1) is 10.0. The van der Waals surface area contributed by atoms with Crippen LogP contribution in [0.4, 0.5) is 0 Å². The predicted octanol–water partition coefficient (Wildman–Crippen LogP) is -4.94. The van der Waals surface area contributed by atoms with E-state index in [0.29, 0.717) is 3.72 Å². The summed E-state index contributed by atoms with van der Waals surface area (Å²) in [4.78, 5) is 0. The van der Waals surface area contributed by atoms with Gasteiger partial charge in [-0.15, -0.1) is 0 Å². The topological polar surface area (TPSA) is 0 Å². The van der Waals surface area contributed by atoms with Crippen molar-refractivity contribution in [3.63, 3.8) is 0 Å². The van der Waals surface area contributed by atoms with E-state index in [0.717, 1.165) is 0 Å². The molecule has 0 saturated heterocycles. The van der Waals surface area contributed by atoms with Gasteiger partial charge in [-0.3, -0.25) is 0 Å². The van der Waals surface area contributed by atoms with Crippen molar-refractivity contribution in [1.82, 2.24) is 0 Å². The molecule has 1 aromatic carbocycles. The first kappa shape index (κ1) is 24.5. The number of rotatable bonds is 3. The van der Waals surface area contributed by atoms with Crippen molar-refractivity contribution in [2.75, 3.05) is 0 Å². The SMILES string of the molecule is CC1=CC2=C(CCCC2)[C]1([Ti+3])C[SiH2]c1cccc(C)c1C.[Cl-].[Cl-].[Cl-]. The second-order valence-corrected chi connectivity index (χ2v) is 9.90. The minimum Gasteiger partial charge on any atom is -1.00 e. The van der Waals surface area contributed by atoms with Crippen LogP contribution in [0, 0.1) is 13.8 Å². The number of benzene rings is 1. The van der Waals surface area contributed by atoms with Crippen LogP contribution in [-0.2, 0) is 20.4 Å². The minimum atomic E-state index is -0.202. The molecule has 0 radical (unpaired) electrons. The molecular formula is C19H25Cl3SiTi. The van der Waals surface area contributed by atoms with E-state index in [1.54, 1.807) is 27.5 Å². The number of hydrogen-bond donors (Lipinski definition) is 0. The Kier molecular flexibility index (Phi) is 10.2. The van der Waals surface area contributed by atoms with Crippen molar-refractivity contribution in [3.05, 3.63) is 52.1 Å². The Hall–Kier alpha value is 0.501. The van der Waals surface area contributed by atoms with E-state index in [4.69, 9.17) is 0 Å². The molecular weight excluding hydrogens is 411 g/mol. The van der Waals surface area contributed by atoms with E-state index < -0.39 is 0 Å². The zero-order valence-corrected chi connectivity index (χ0v) is 19.9. The Bertz CT molecular complexity index is 639. The standard InChI is InChI=1S/C19H25Si.3ClH.Ti/c1-13-7-6-10-19(15(13)3)20-12-18-14(2)11-16-8-4-5-9-17(16)18;;;;/h6-7,10-11H,4-5,8-9,12,20H2,1-3H3;3*1H;/q;;;;+3/p-3. The third-order valence-electron chi connectivity index (χ3n) is 5.58. The van der Waals surface area contributed by atoms with Gasteiger partial charge < -0.3 is 37.2 Å². The zero-order chi connectivity index (χ0) is 15.0. The maximum atomic E-state index is 2.52. The first-order valence-electron chi connectivity index (χ1n) is 8.24. The van der Waals surface area contributed by atoms with Crippen LogP contribution in [0.5, 0.6) is 0 Å². The van der Waals surface area contributed by atoms with Crippen LogP contribution in [0.15, 0.2) is 41.0 Å². The Labute approximate surface area is 179 Å². The van der Waals surface area contributed by atoms with Crippen LogP contribution in [0.2, 0.25) is 9.76 Å². The molecule has 0 heterocycles. The van der Waals surface area contributed by atoms with Gasteiger partial charge in [0.25, 0.3) is 0 Å². The number of hydrogen-bond acceptors (Lipinski definition) is 0. The molecule has 0 N–H and O–H groups in total. The number of aryl methyl sites for hydroxylation is 1. The summed E-state index contributed by atoms with van der Waals surface area (Å²) in [6.07, 6.45) is 7.99. The fraction of sp³-hybridized carbons (Fsp3) is 0.474. The van der Waals surface area contributed by atoms with E-state index in [1.807, 2.05) is 0 Å². The first-order valence-corrected chi connectivity index (χ1v) is 10.7. The maximum absolute atomic E-state index is 2.52. The van der Waals surface area contributed by atoms with Gasteiger partial charge in [-0.05, 0) is 0 Å². The summed E-state index contributed by atoms with van der Waals surface area (Å²) in [5.41, 5.74) is 8.12.